The second kappa shape index (κ2) is 8.66. The highest BCUT2D eigenvalue weighted by molar-refractivity contribution is 7.20. The van der Waals surface area contributed by atoms with Crippen LogP contribution in [0.3, 0.4) is 0 Å². The van der Waals surface area contributed by atoms with Crippen molar-refractivity contribution in [3.8, 4) is 0 Å². The zero-order chi connectivity index (χ0) is 22.0. The molecule has 2 aromatic heterocycles. The van der Waals surface area contributed by atoms with Gasteiger partial charge in [-0.25, -0.2) is 14.6 Å². The van der Waals surface area contributed by atoms with E-state index in [-0.39, 0.29) is 12.4 Å². The van der Waals surface area contributed by atoms with E-state index in [0.29, 0.717) is 26.2 Å². The van der Waals surface area contributed by atoms with Crippen molar-refractivity contribution in [2.75, 3.05) is 25.6 Å². The van der Waals surface area contributed by atoms with E-state index in [9.17, 15) is 14.4 Å². The Morgan fingerprint density at radius 2 is 2.00 bits per heavy atom. The van der Waals surface area contributed by atoms with Crippen LogP contribution >= 0.6 is 11.3 Å². The summed E-state index contributed by atoms with van der Waals surface area (Å²) in [5.74, 6) is -0.802. The van der Waals surface area contributed by atoms with Crippen molar-refractivity contribution in [3.05, 3.63) is 56.4 Å². The molecule has 0 spiro atoms. The quantitative estimate of drug-likeness (QED) is 0.599. The van der Waals surface area contributed by atoms with E-state index in [0.717, 1.165) is 17.0 Å². The Kier molecular flexibility index (Phi) is 6.21. The van der Waals surface area contributed by atoms with Gasteiger partial charge in [0.05, 0.1) is 17.6 Å². The van der Waals surface area contributed by atoms with E-state index in [1.165, 1.54) is 0 Å². The molecule has 0 aliphatic heterocycles. The molecule has 0 aliphatic rings. The lowest BCUT2D eigenvalue weighted by molar-refractivity contribution is 0.0319. The first-order valence-corrected chi connectivity index (χ1v) is 10.2. The molecule has 0 aliphatic carbocycles. The number of H-pyrrole nitrogens is 1. The smallest absolute Gasteiger partial charge is 0.348 e. The van der Waals surface area contributed by atoms with Crippen LogP contribution in [-0.4, -0.2) is 42.6 Å². The summed E-state index contributed by atoms with van der Waals surface area (Å²) >= 11 is 1.09. The summed E-state index contributed by atoms with van der Waals surface area (Å²) in [6.45, 7) is 5.27. The van der Waals surface area contributed by atoms with Gasteiger partial charge in [-0.15, -0.1) is 11.3 Å². The third-order valence-corrected chi connectivity index (χ3v) is 5.71. The van der Waals surface area contributed by atoms with Gasteiger partial charge in [-0.05, 0) is 44.5 Å². The molecule has 30 heavy (non-hydrogen) atoms. The maximum Gasteiger partial charge on any atom is 0.348 e. The third kappa shape index (κ3) is 4.20. The summed E-state index contributed by atoms with van der Waals surface area (Å²) in [4.78, 5) is 47.0. The summed E-state index contributed by atoms with van der Waals surface area (Å²) < 4.78 is 10.5. The van der Waals surface area contributed by atoms with E-state index < -0.39 is 23.6 Å². The van der Waals surface area contributed by atoms with Crippen molar-refractivity contribution in [1.29, 1.82) is 0 Å². The van der Waals surface area contributed by atoms with Gasteiger partial charge < -0.3 is 19.4 Å². The Morgan fingerprint density at radius 3 is 2.67 bits per heavy atom. The molecule has 1 atom stereocenters. The summed E-state index contributed by atoms with van der Waals surface area (Å²) in [6, 6.07) is 7.04. The van der Waals surface area contributed by atoms with Gasteiger partial charge >= 0.3 is 11.9 Å². The van der Waals surface area contributed by atoms with E-state index in [4.69, 9.17) is 9.47 Å². The fourth-order valence-electron chi connectivity index (χ4n) is 2.94. The highest BCUT2D eigenvalue weighted by Crippen LogP contribution is 2.29. The molecule has 3 aromatic rings. The van der Waals surface area contributed by atoms with Crippen LogP contribution in [0.5, 0.6) is 0 Å². The number of fused-ring (bicyclic) bond motifs is 1. The first kappa shape index (κ1) is 21.5. The number of aromatic amines is 1. The molecule has 0 amide bonds. The Morgan fingerprint density at radius 1 is 1.27 bits per heavy atom. The molecule has 0 unspecified atom stereocenters. The average molecular weight is 429 g/mol. The molecule has 9 heteroatoms. The average Bonchev–Trinajstić information content (AvgIpc) is 3.05. The van der Waals surface area contributed by atoms with Gasteiger partial charge in [0.15, 0.2) is 11.9 Å². The normalized spacial score (nSPS) is 11.9. The van der Waals surface area contributed by atoms with Crippen molar-refractivity contribution >= 4 is 39.2 Å². The number of aryl methyl sites for hydroxylation is 1. The van der Waals surface area contributed by atoms with Crippen LogP contribution in [0.2, 0.25) is 0 Å². The van der Waals surface area contributed by atoms with Crippen LogP contribution in [0, 0.1) is 6.92 Å². The van der Waals surface area contributed by atoms with E-state index in [1.807, 2.05) is 25.1 Å². The summed E-state index contributed by atoms with van der Waals surface area (Å²) in [5.41, 5.74) is 1.40. The molecular weight excluding hydrogens is 406 g/mol. The maximum atomic E-state index is 12.6. The summed E-state index contributed by atoms with van der Waals surface area (Å²) in [6.07, 6.45) is -0.786. The predicted molar refractivity (Wildman–Crippen MR) is 116 cm³/mol. The lowest BCUT2D eigenvalue weighted by Crippen LogP contribution is -2.17. The van der Waals surface area contributed by atoms with Crippen LogP contribution in [0.1, 0.15) is 51.4 Å². The molecule has 8 nitrogen and oxygen atoms in total. The highest BCUT2D eigenvalue weighted by Gasteiger charge is 2.22. The van der Waals surface area contributed by atoms with Crippen molar-refractivity contribution in [3.63, 3.8) is 0 Å². The number of esters is 2. The van der Waals surface area contributed by atoms with Gasteiger partial charge in [0, 0.05) is 19.8 Å². The number of carbonyl (C=O) groups is 2. The summed E-state index contributed by atoms with van der Waals surface area (Å²) in [7, 11) is 3.76. The molecular formula is C21H23N3O5S. The van der Waals surface area contributed by atoms with Crippen LogP contribution in [0.15, 0.2) is 29.1 Å². The van der Waals surface area contributed by atoms with Crippen LogP contribution < -0.4 is 10.5 Å². The second-order valence-electron chi connectivity index (χ2n) is 6.90. The number of nitrogens with one attached hydrogen (secondary N) is 1. The standard InChI is InChI=1S/C21H23N3O5S/c1-6-28-21(27)16-11(2)15-18(25)22-17(23-19(15)30-16)12(3)29-20(26)13-8-7-9-14(10-13)24(4)5/h7-10,12H,6H2,1-5H3,(H,22,23,25)/t12-/m0/s1. The molecule has 0 radical (unpaired) electrons. The number of hydrogen-bond acceptors (Lipinski definition) is 8. The third-order valence-electron chi connectivity index (χ3n) is 4.55. The van der Waals surface area contributed by atoms with Crippen molar-refractivity contribution in [1.82, 2.24) is 9.97 Å². The number of rotatable bonds is 6. The van der Waals surface area contributed by atoms with Crippen molar-refractivity contribution in [2.45, 2.75) is 26.9 Å². The molecule has 1 N–H and O–H groups in total. The Labute approximate surface area is 177 Å². The van der Waals surface area contributed by atoms with Crippen molar-refractivity contribution < 1.29 is 19.1 Å². The zero-order valence-electron chi connectivity index (χ0n) is 17.4. The number of aromatic nitrogens is 2. The number of nitrogens with zero attached hydrogens (tertiary/aromatic N) is 2. The zero-order valence-corrected chi connectivity index (χ0v) is 18.3. The van der Waals surface area contributed by atoms with Crippen molar-refractivity contribution in [2.24, 2.45) is 0 Å². The lowest BCUT2D eigenvalue weighted by atomic mass is 10.2. The van der Waals surface area contributed by atoms with Crippen LogP contribution in [0.4, 0.5) is 5.69 Å². The second-order valence-corrected chi connectivity index (χ2v) is 7.90. The molecule has 2 heterocycles. The number of anilines is 1. The van der Waals surface area contributed by atoms with E-state index >= 15 is 0 Å². The number of thiophene rings is 1. The Bertz CT molecular complexity index is 1170. The molecule has 0 saturated carbocycles. The summed E-state index contributed by atoms with van der Waals surface area (Å²) in [5, 5.41) is 0.337. The van der Waals surface area contributed by atoms with Crippen LogP contribution in [0.25, 0.3) is 10.2 Å². The number of benzene rings is 1. The van der Waals surface area contributed by atoms with Gasteiger partial charge in [-0.2, -0.15) is 0 Å². The topological polar surface area (TPSA) is 102 Å². The van der Waals surface area contributed by atoms with Gasteiger partial charge in [0.1, 0.15) is 9.71 Å². The maximum absolute atomic E-state index is 12.6. The highest BCUT2D eigenvalue weighted by atomic mass is 32.1. The number of carbonyl (C=O) groups excluding carboxylic acids is 2. The largest absolute Gasteiger partial charge is 0.462 e. The Hall–Kier alpha value is -3.20. The number of ether oxygens (including phenoxy) is 2. The van der Waals surface area contributed by atoms with Gasteiger partial charge in [-0.1, -0.05) is 6.07 Å². The molecule has 0 saturated heterocycles. The fourth-order valence-corrected chi connectivity index (χ4v) is 4.02. The minimum Gasteiger partial charge on any atom is -0.462 e. The first-order chi connectivity index (χ1) is 14.2. The van der Waals surface area contributed by atoms with E-state index in [2.05, 4.69) is 9.97 Å². The number of hydrogen-bond donors (Lipinski definition) is 1. The lowest BCUT2D eigenvalue weighted by Gasteiger charge is -2.15. The van der Waals surface area contributed by atoms with Gasteiger partial charge in [0.25, 0.3) is 5.56 Å². The minimum absolute atomic E-state index is 0.210. The molecule has 1 aromatic carbocycles. The fraction of sp³-hybridized carbons (Fsp3) is 0.333. The van der Waals surface area contributed by atoms with Gasteiger partial charge in [-0.3, -0.25) is 4.79 Å². The SMILES string of the molecule is CCOC(=O)c1sc2nc([C@H](C)OC(=O)c3cccc(N(C)C)c3)[nH]c(=O)c2c1C. The monoisotopic (exact) mass is 429 g/mol. The molecule has 3 rings (SSSR count). The minimum atomic E-state index is -0.786. The van der Waals surface area contributed by atoms with Gasteiger partial charge in [0.2, 0.25) is 0 Å². The predicted octanol–water partition coefficient (Wildman–Crippen LogP) is 3.45. The molecule has 0 fully saturated rings. The first-order valence-electron chi connectivity index (χ1n) is 9.41. The Balaban J connectivity index is 1.89. The molecule has 0 bridgehead atoms. The molecule has 158 valence electrons. The van der Waals surface area contributed by atoms with Crippen LogP contribution in [-0.2, 0) is 9.47 Å². The van der Waals surface area contributed by atoms with E-state index in [1.54, 1.807) is 39.0 Å².